The number of hydrogen-bond acceptors (Lipinski definition) is 4. The highest BCUT2D eigenvalue weighted by atomic mass is 79.9. The monoisotopic (exact) mass is 479 g/mol. The van der Waals surface area contributed by atoms with E-state index in [0.29, 0.717) is 17.3 Å². The minimum atomic E-state index is -0.281. The van der Waals surface area contributed by atoms with E-state index < -0.39 is 0 Å². The van der Waals surface area contributed by atoms with Crippen LogP contribution in [0.2, 0.25) is 0 Å². The molecule has 0 saturated carbocycles. The number of imide groups is 1. The van der Waals surface area contributed by atoms with Crippen molar-refractivity contribution in [3.8, 4) is 5.75 Å². The van der Waals surface area contributed by atoms with Gasteiger partial charge in [-0.1, -0.05) is 76.6 Å². The Balaban J connectivity index is 1.51. The Kier molecular flexibility index (Phi) is 6.35. The van der Waals surface area contributed by atoms with Crippen molar-refractivity contribution >= 4 is 44.9 Å². The molecule has 0 aliphatic carbocycles. The highest BCUT2D eigenvalue weighted by Gasteiger charge is 2.35. The van der Waals surface area contributed by atoms with E-state index in [9.17, 15) is 9.59 Å². The first-order chi connectivity index (χ1) is 14.6. The van der Waals surface area contributed by atoms with Gasteiger partial charge in [-0.15, -0.1) is 0 Å². The largest absolute Gasteiger partial charge is 0.488 e. The molecule has 4 rings (SSSR count). The van der Waals surface area contributed by atoms with Gasteiger partial charge in [0.15, 0.2) is 0 Å². The molecule has 0 aromatic heterocycles. The summed E-state index contributed by atoms with van der Waals surface area (Å²) in [7, 11) is 0. The van der Waals surface area contributed by atoms with Crippen molar-refractivity contribution in [1.29, 1.82) is 0 Å². The third-order valence-corrected chi connectivity index (χ3v) is 6.01. The van der Waals surface area contributed by atoms with Gasteiger partial charge in [-0.3, -0.25) is 14.5 Å². The van der Waals surface area contributed by atoms with Crippen molar-refractivity contribution in [3.05, 3.63) is 105 Å². The molecule has 0 bridgehead atoms. The molecule has 0 unspecified atom stereocenters. The number of carbonyl (C=O) groups is 2. The van der Waals surface area contributed by atoms with Crippen molar-refractivity contribution in [1.82, 2.24) is 4.90 Å². The molecule has 30 heavy (non-hydrogen) atoms. The summed E-state index contributed by atoms with van der Waals surface area (Å²) in [6, 6.07) is 24.9. The zero-order valence-corrected chi connectivity index (χ0v) is 18.4. The zero-order valence-electron chi connectivity index (χ0n) is 16.0. The van der Waals surface area contributed by atoms with Gasteiger partial charge < -0.3 is 4.74 Å². The number of amides is 2. The highest BCUT2D eigenvalue weighted by Crippen LogP contribution is 2.35. The first kappa shape index (κ1) is 20.4. The van der Waals surface area contributed by atoms with Crippen LogP contribution in [-0.2, 0) is 17.9 Å². The Hall–Kier alpha value is -2.83. The van der Waals surface area contributed by atoms with Crippen LogP contribution < -0.4 is 4.74 Å². The van der Waals surface area contributed by atoms with Crippen molar-refractivity contribution in [3.63, 3.8) is 0 Å². The van der Waals surface area contributed by atoms with Gasteiger partial charge >= 0.3 is 0 Å². The van der Waals surface area contributed by atoms with Gasteiger partial charge in [-0.2, -0.15) is 0 Å². The van der Waals surface area contributed by atoms with Gasteiger partial charge in [0.2, 0.25) is 0 Å². The highest BCUT2D eigenvalue weighted by molar-refractivity contribution is 9.10. The average Bonchev–Trinajstić information content (AvgIpc) is 3.02. The number of benzene rings is 3. The van der Waals surface area contributed by atoms with Crippen LogP contribution in [-0.4, -0.2) is 16.0 Å². The summed E-state index contributed by atoms with van der Waals surface area (Å²) < 4.78 is 6.99. The minimum Gasteiger partial charge on any atom is -0.488 e. The lowest BCUT2D eigenvalue weighted by molar-refractivity contribution is -0.123. The van der Waals surface area contributed by atoms with Gasteiger partial charge in [0.25, 0.3) is 11.1 Å². The van der Waals surface area contributed by atoms with Crippen molar-refractivity contribution in [2.75, 3.05) is 0 Å². The third kappa shape index (κ3) is 4.83. The van der Waals surface area contributed by atoms with Crippen LogP contribution in [0.25, 0.3) is 6.08 Å². The van der Waals surface area contributed by atoms with Gasteiger partial charge in [0.05, 0.1) is 11.4 Å². The minimum absolute atomic E-state index is 0.261. The first-order valence-corrected chi connectivity index (χ1v) is 11.0. The molecule has 4 nitrogen and oxygen atoms in total. The lowest BCUT2D eigenvalue weighted by Gasteiger charge is -2.12. The van der Waals surface area contributed by atoms with Crippen molar-refractivity contribution in [2.24, 2.45) is 0 Å². The van der Waals surface area contributed by atoms with E-state index in [1.807, 2.05) is 78.9 Å². The molecule has 150 valence electrons. The molecular formula is C24H18BrNO3S. The first-order valence-electron chi connectivity index (χ1n) is 9.36. The van der Waals surface area contributed by atoms with E-state index in [1.54, 1.807) is 6.08 Å². The molecule has 3 aromatic carbocycles. The molecule has 2 amide bonds. The fourth-order valence-electron chi connectivity index (χ4n) is 3.02. The van der Waals surface area contributed by atoms with Gasteiger partial charge in [-0.25, -0.2) is 0 Å². The summed E-state index contributed by atoms with van der Waals surface area (Å²) in [6.07, 6.45) is 1.73. The molecular weight excluding hydrogens is 462 g/mol. The second-order valence-corrected chi connectivity index (χ2v) is 8.62. The maximum absolute atomic E-state index is 12.8. The normalized spacial score (nSPS) is 15.1. The Morgan fingerprint density at radius 2 is 1.57 bits per heavy atom. The Labute approximate surface area is 187 Å². The van der Waals surface area contributed by atoms with Crippen molar-refractivity contribution < 1.29 is 14.3 Å². The summed E-state index contributed by atoms with van der Waals surface area (Å²) in [5.74, 6) is 0.381. The number of halogens is 1. The predicted molar refractivity (Wildman–Crippen MR) is 123 cm³/mol. The molecule has 1 aliphatic rings. The Morgan fingerprint density at radius 1 is 0.867 bits per heavy atom. The van der Waals surface area contributed by atoms with Crippen LogP contribution >= 0.6 is 27.7 Å². The molecule has 1 aliphatic heterocycles. The van der Waals surface area contributed by atoms with Crippen LogP contribution in [0.1, 0.15) is 16.7 Å². The smallest absolute Gasteiger partial charge is 0.293 e. The fourth-order valence-corrected chi connectivity index (χ4v) is 4.11. The van der Waals surface area contributed by atoms with E-state index in [0.717, 1.165) is 32.9 Å². The summed E-state index contributed by atoms with van der Waals surface area (Å²) in [4.78, 5) is 26.9. The van der Waals surface area contributed by atoms with Crippen LogP contribution in [0, 0.1) is 0 Å². The second-order valence-electron chi connectivity index (χ2n) is 6.71. The number of thioether (sulfide) groups is 1. The summed E-state index contributed by atoms with van der Waals surface area (Å²) in [5.41, 5.74) is 2.72. The van der Waals surface area contributed by atoms with Gasteiger partial charge in [0, 0.05) is 10.0 Å². The summed E-state index contributed by atoms with van der Waals surface area (Å²) in [5, 5.41) is -0.261. The van der Waals surface area contributed by atoms with Crippen LogP contribution in [0.15, 0.2) is 88.2 Å². The second kappa shape index (κ2) is 9.32. The molecule has 1 fully saturated rings. The standard InChI is InChI=1S/C24H18BrNO3S/c25-20-12-10-18(11-13-20)16-29-21-9-5-4-8-19(21)14-22-23(27)26(24(28)30-22)15-17-6-2-1-3-7-17/h1-14H,15-16H2/b22-14-. The molecule has 1 heterocycles. The van der Waals surface area contributed by atoms with Gasteiger partial charge in [-0.05, 0) is 47.2 Å². The number of para-hydroxylation sites is 1. The zero-order chi connectivity index (χ0) is 20.9. The average molecular weight is 480 g/mol. The number of nitrogens with zero attached hydrogens (tertiary/aromatic N) is 1. The predicted octanol–water partition coefficient (Wildman–Crippen LogP) is 6.26. The number of ether oxygens (including phenoxy) is 1. The Morgan fingerprint density at radius 3 is 2.33 bits per heavy atom. The summed E-state index contributed by atoms with van der Waals surface area (Å²) in [6.45, 7) is 0.679. The topological polar surface area (TPSA) is 46.6 Å². The Bertz CT molecular complexity index is 1100. The van der Waals surface area contributed by atoms with Crippen LogP contribution in [0.3, 0.4) is 0 Å². The van der Waals surface area contributed by atoms with Crippen LogP contribution in [0.5, 0.6) is 5.75 Å². The lowest BCUT2D eigenvalue weighted by atomic mass is 10.1. The number of rotatable bonds is 6. The molecule has 6 heteroatoms. The van der Waals surface area contributed by atoms with Crippen molar-refractivity contribution in [2.45, 2.75) is 13.2 Å². The van der Waals surface area contributed by atoms with E-state index >= 15 is 0 Å². The van der Waals surface area contributed by atoms with Crippen LogP contribution in [0.4, 0.5) is 4.79 Å². The summed E-state index contributed by atoms with van der Waals surface area (Å²) >= 11 is 4.38. The quantitative estimate of drug-likeness (QED) is 0.391. The van der Waals surface area contributed by atoms with E-state index in [-0.39, 0.29) is 17.7 Å². The third-order valence-electron chi connectivity index (χ3n) is 4.57. The number of hydrogen-bond donors (Lipinski definition) is 0. The molecule has 3 aromatic rings. The van der Waals surface area contributed by atoms with E-state index in [4.69, 9.17) is 4.74 Å². The molecule has 0 radical (unpaired) electrons. The number of carbonyl (C=O) groups excluding carboxylic acids is 2. The van der Waals surface area contributed by atoms with E-state index in [2.05, 4.69) is 15.9 Å². The maximum Gasteiger partial charge on any atom is 0.293 e. The van der Waals surface area contributed by atoms with E-state index in [1.165, 1.54) is 4.90 Å². The molecule has 0 N–H and O–H groups in total. The molecule has 0 spiro atoms. The maximum atomic E-state index is 12.8. The molecule has 1 saturated heterocycles. The lowest BCUT2D eigenvalue weighted by Crippen LogP contribution is -2.27. The van der Waals surface area contributed by atoms with Gasteiger partial charge in [0.1, 0.15) is 12.4 Å². The SMILES string of the molecule is O=C1S/C(=C\c2ccccc2OCc2ccc(Br)cc2)C(=O)N1Cc1ccccc1. The molecule has 0 atom stereocenters. The fraction of sp³-hybridized carbons (Fsp3) is 0.0833.